The number of hydrogen-bond acceptors (Lipinski definition) is 0. The fraction of sp³-hybridized carbons (Fsp3) is 0. The van der Waals surface area contributed by atoms with Crippen LogP contribution in [0.4, 0.5) is 0 Å². The molecule has 27 unspecified atom stereocenters. The summed E-state index contributed by atoms with van der Waals surface area (Å²) in [5.74, 6) is 0. The molecule has 47 heavy (non-hydrogen) atoms. The van der Waals surface area contributed by atoms with Crippen molar-refractivity contribution in [2.24, 2.45) is 0 Å². The van der Waals surface area contributed by atoms with Crippen LogP contribution in [0, 0.1) is 0 Å². The van der Waals surface area contributed by atoms with E-state index in [1.807, 2.05) is 7.96 Å². The van der Waals surface area contributed by atoms with Gasteiger partial charge in [0.2, 0.25) is 0 Å². The maximum atomic E-state index is 3.42. The minimum absolute atomic E-state index is 0. The molecule has 27 atom stereocenters. The quantitative estimate of drug-likeness (QED) is 0.0749. The van der Waals surface area contributed by atoms with Crippen LogP contribution >= 0.6 is 368 Å². The Bertz CT molecular complexity index is 688. The Labute approximate surface area is 411 Å². The van der Waals surface area contributed by atoms with Crippen molar-refractivity contribution < 1.29 is 51.4 Å². The van der Waals surface area contributed by atoms with E-state index in [-0.39, 0.29) is 198 Å². The topological polar surface area (TPSA) is 0 Å². The Kier molecular flexibility index (Phi) is 59.7. The zero-order valence-electron chi connectivity index (χ0n) is 24.6. The average Bonchev–Trinajstić information content (AvgIpc) is 2.84. The van der Waals surface area contributed by atoms with Gasteiger partial charge in [0.1, 0.15) is 0 Å². The molecule has 0 bridgehead atoms. The van der Waals surface area contributed by atoms with E-state index in [1.165, 1.54) is 0 Å². The molecule has 0 aromatic rings. The third kappa shape index (κ3) is 27.0. The predicted octanol–water partition coefficient (Wildman–Crippen LogP) is 24.0. The van der Waals surface area contributed by atoms with Crippen LogP contribution in [0.5, 0.6) is 0 Å². The molecule has 278 valence electrons. The van der Waals surface area contributed by atoms with Gasteiger partial charge in [0.05, 0.1) is 0 Å². The summed E-state index contributed by atoms with van der Waals surface area (Å²) in [6, 6.07) is 0. The molecule has 0 fully saturated rings. The molecular formula is H47KP46. The van der Waals surface area contributed by atoms with E-state index in [1.54, 1.807) is 0 Å². The van der Waals surface area contributed by atoms with E-state index in [4.69, 9.17) is 0 Å². The van der Waals surface area contributed by atoms with Gasteiger partial charge in [-0.15, -0.1) is 205 Å². The first kappa shape index (κ1) is 70.5. The second-order valence-corrected chi connectivity index (χ2v) is 192. The van der Waals surface area contributed by atoms with Gasteiger partial charge in [-0.3, -0.25) is 0 Å². The van der Waals surface area contributed by atoms with Crippen LogP contribution in [-0.2, 0) is 0 Å². The van der Waals surface area contributed by atoms with Crippen molar-refractivity contribution in [2.75, 3.05) is 0 Å². The van der Waals surface area contributed by atoms with Gasteiger partial charge >= 0.3 is 51.4 Å². The molecule has 0 aromatic heterocycles. The average molecular weight is 1510 g/mol. The molecule has 0 spiro atoms. The van der Waals surface area contributed by atoms with Crippen LogP contribution in [0.3, 0.4) is 0 Å². The summed E-state index contributed by atoms with van der Waals surface area (Å²) < 4.78 is 0. The molecule has 0 heterocycles. The van der Waals surface area contributed by atoms with Crippen molar-refractivity contribution in [2.45, 2.75) is 0 Å². The second kappa shape index (κ2) is 39.8. The number of hydrogen-bond donors (Lipinski definition) is 0. The van der Waals surface area contributed by atoms with Crippen molar-refractivity contribution in [3.05, 3.63) is 0 Å². The largest absolute Gasteiger partial charge is 1.00 e. The molecule has 0 aliphatic heterocycles. The molecule has 0 saturated carbocycles. The van der Waals surface area contributed by atoms with Crippen LogP contribution in [-0.4, -0.2) is 0 Å². The molecule has 0 N–H and O–H groups in total. The van der Waals surface area contributed by atoms with E-state index in [2.05, 4.69) is 205 Å². The fourth-order valence-corrected chi connectivity index (χ4v) is 614. The van der Waals surface area contributed by atoms with Gasteiger partial charge in [0.25, 0.3) is 0 Å². The third-order valence-corrected chi connectivity index (χ3v) is 312. The summed E-state index contributed by atoms with van der Waals surface area (Å²) in [4.78, 5) is 0. The van der Waals surface area contributed by atoms with Crippen molar-refractivity contribution in [3.63, 3.8) is 0 Å². The fourth-order valence-electron chi connectivity index (χ4n) is 2.53. The molecule has 47 heteroatoms. The predicted molar refractivity (Wildman–Crippen MR) is 384 cm³/mol. The molecule has 0 radical (unpaired) electrons. The van der Waals surface area contributed by atoms with Crippen molar-refractivity contribution in [1.82, 2.24) is 0 Å². The maximum Gasteiger partial charge on any atom is 1.00 e. The van der Waals surface area contributed by atoms with Gasteiger partial charge in [-0.05, 0) is 133 Å². The van der Waals surface area contributed by atoms with E-state index >= 15 is 0 Å². The van der Waals surface area contributed by atoms with Gasteiger partial charge in [0, 0.05) is 0 Å². The van der Waals surface area contributed by atoms with Crippen LogP contribution in [0.1, 0.15) is 0 Å². The van der Waals surface area contributed by atoms with E-state index in [9.17, 15) is 0 Å². The molecule has 0 aromatic carbocycles. The zero-order valence-corrected chi connectivity index (χ0v) is 75.0. The molecular weight excluding hydrogens is 1460 g/mol. The zero-order chi connectivity index (χ0) is 36.5. The second-order valence-electron chi connectivity index (χ2n) is 7.10. The summed E-state index contributed by atoms with van der Waals surface area (Å²) in [6.07, 6.45) is 0. The minimum Gasteiger partial charge on any atom is -0.453 e. The van der Waals surface area contributed by atoms with Crippen LogP contribution in [0.2, 0.25) is 0 Å². The first-order valence-electron chi connectivity index (χ1n) is 10.4. The molecule has 0 saturated heterocycles. The van der Waals surface area contributed by atoms with Crippen LogP contribution in [0.15, 0.2) is 0 Å². The van der Waals surface area contributed by atoms with Crippen LogP contribution in [0.25, 0.3) is 0 Å². The number of rotatable bonds is 22. The van der Waals surface area contributed by atoms with Gasteiger partial charge in [0.15, 0.2) is 0 Å². The summed E-state index contributed by atoms with van der Waals surface area (Å²) in [5, 5.41) is 0. The SMILES string of the molecule is PPP(P(P)P)P(P([P-]P(P(P(P)P)P(P)P)P(P(P)P)P(P)P)P(P(P(P)P)P(P)P)P(P(P)P)P(P)P)P(P(P)P)P(P)P.[K+]. The van der Waals surface area contributed by atoms with Gasteiger partial charge in [-0.25, -0.2) is 0 Å². The molecule has 0 amide bonds. The van der Waals surface area contributed by atoms with Crippen molar-refractivity contribution >= 4 is 368 Å². The minimum atomic E-state index is -0.143. The summed E-state index contributed by atoms with van der Waals surface area (Å²) in [5.41, 5.74) is 0. The first-order chi connectivity index (χ1) is 21.0. The van der Waals surface area contributed by atoms with E-state index in [0.717, 1.165) is 7.96 Å². The van der Waals surface area contributed by atoms with Gasteiger partial charge in [-0.1, -0.05) is 7.96 Å². The first-order valence-corrected chi connectivity index (χ1v) is 93.5. The summed E-state index contributed by atoms with van der Waals surface area (Å²) >= 11 is 0. The Balaban J connectivity index is 0. The van der Waals surface area contributed by atoms with Crippen molar-refractivity contribution in [3.8, 4) is 0 Å². The standard InChI is InChI=1S/K.H47P46/c;1-24-37(26(2)3)45(42(31(12)13)32(14)15)39(46(43(33(16)17)34(18)19)44(35(20)21)36(22)23)25-38(40(27(4)5)28(6)7)41(29(8)9)30(10)11/h;24H,1-23H2/q+1;-1. The van der Waals surface area contributed by atoms with E-state index in [0.29, 0.717) is 0 Å². The Morgan fingerprint density at radius 1 is 0.277 bits per heavy atom. The Hall–Kier alpha value is 21.4. The molecule has 0 nitrogen and oxygen atoms in total. The molecule has 0 rings (SSSR count). The smallest absolute Gasteiger partial charge is 0.453 e. The normalized spacial score (nSPS) is 16.3. The molecule has 0 aliphatic rings. The molecule has 0 aliphatic carbocycles. The Morgan fingerprint density at radius 3 is 0.681 bits per heavy atom. The van der Waals surface area contributed by atoms with Crippen molar-refractivity contribution in [1.29, 1.82) is 0 Å². The van der Waals surface area contributed by atoms with Crippen LogP contribution < -0.4 is 51.4 Å². The Morgan fingerprint density at radius 2 is 0.489 bits per heavy atom. The van der Waals surface area contributed by atoms with E-state index < -0.39 is 0 Å². The summed E-state index contributed by atoms with van der Waals surface area (Å²) in [6.45, 7) is -2.09. The summed E-state index contributed by atoms with van der Waals surface area (Å²) in [7, 11) is 81.3. The third-order valence-electron chi connectivity index (χ3n) is 3.85. The van der Waals surface area contributed by atoms with Gasteiger partial charge in [-0.2, -0.15) is 14.0 Å². The monoisotopic (exact) mass is 1510 g/mol. The maximum absolute atomic E-state index is 3.42. The van der Waals surface area contributed by atoms with Gasteiger partial charge < -0.3 is 7.96 Å².